The second kappa shape index (κ2) is 7.58. The number of hydrogen-bond acceptors (Lipinski definition) is 3. The van der Waals surface area contributed by atoms with Crippen LogP contribution in [-0.4, -0.2) is 16.3 Å². The first-order chi connectivity index (χ1) is 12.8. The smallest absolute Gasteiger partial charge is 0.240 e. The van der Waals surface area contributed by atoms with E-state index < -0.39 is 0 Å². The topological polar surface area (TPSA) is 41.5 Å². The molecule has 1 amide bonds. The molecule has 26 heavy (non-hydrogen) atoms. The molecule has 0 saturated carbocycles. The minimum absolute atomic E-state index is 0.00221. The van der Waals surface area contributed by atoms with Gasteiger partial charge in [-0.25, -0.2) is 4.99 Å². The third-order valence-electron chi connectivity index (χ3n) is 4.33. The molecule has 3 nitrogen and oxygen atoms in total. The quantitative estimate of drug-likeness (QED) is 0.732. The number of aliphatic imine (C=N–C) groups is 1. The maximum Gasteiger partial charge on any atom is 0.240 e. The summed E-state index contributed by atoms with van der Waals surface area (Å²) in [5.74, 6) is -0.0201. The molecule has 0 aliphatic carbocycles. The van der Waals surface area contributed by atoms with E-state index in [1.165, 1.54) is 11.8 Å². The van der Waals surface area contributed by atoms with Crippen LogP contribution in [0.2, 0.25) is 0 Å². The summed E-state index contributed by atoms with van der Waals surface area (Å²) in [5, 5.41) is 3.35. The van der Waals surface area contributed by atoms with Crippen molar-refractivity contribution in [1.29, 1.82) is 0 Å². The number of nitrogens with zero attached hydrogens (tertiary/aromatic N) is 1. The Morgan fingerprint density at radius 3 is 1.81 bits per heavy atom. The summed E-state index contributed by atoms with van der Waals surface area (Å²) in [6.45, 7) is 0. The van der Waals surface area contributed by atoms with E-state index in [9.17, 15) is 4.79 Å². The molecule has 128 valence electrons. The van der Waals surface area contributed by atoms with Crippen molar-refractivity contribution in [1.82, 2.24) is 5.32 Å². The molecule has 1 saturated heterocycles. The molecule has 0 spiro atoms. The van der Waals surface area contributed by atoms with Crippen molar-refractivity contribution in [2.45, 2.75) is 11.2 Å². The first-order valence-electron chi connectivity index (χ1n) is 8.52. The molecule has 1 atom stereocenters. The molecule has 1 unspecified atom stereocenters. The zero-order valence-corrected chi connectivity index (χ0v) is 14.9. The zero-order valence-electron chi connectivity index (χ0n) is 14.1. The van der Waals surface area contributed by atoms with Crippen LogP contribution in [0.3, 0.4) is 0 Å². The van der Waals surface area contributed by atoms with E-state index >= 15 is 0 Å². The van der Waals surface area contributed by atoms with Gasteiger partial charge in [-0.05, 0) is 23.3 Å². The Bertz CT molecular complexity index is 871. The molecule has 4 rings (SSSR count). The van der Waals surface area contributed by atoms with Crippen LogP contribution >= 0.6 is 11.8 Å². The lowest BCUT2D eigenvalue weighted by atomic mass is 9.88. The van der Waals surface area contributed by atoms with E-state index in [-0.39, 0.29) is 17.1 Å². The van der Waals surface area contributed by atoms with Gasteiger partial charge in [0.1, 0.15) is 5.25 Å². The van der Waals surface area contributed by atoms with E-state index in [2.05, 4.69) is 34.6 Å². The molecule has 1 fully saturated rings. The van der Waals surface area contributed by atoms with Gasteiger partial charge in [0, 0.05) is 5.92 Å². The van der Waals surface area contributed by atoms with E-state index in [0.29, 0.717) is 5.17 Å². The third-order valence-corrected chi connectivity index (χ3v) is 5.49. The summed E-state index contributed by atoms with van der Waals surface area (Å²) in [4.78, 5) is 17.3. The molecule has 1 heterocycles. The Hall–Kier alpha value is -2.85. The molecule has 3 aromatic rings. The number of amides is 1. The van der Waals surface area contributed by atoms with Crippen molar-refractivity contribution in [3.63, 3.8) is 0 Å². The fourth-order valence-electron chi connectivity index (χ4n) is 3.14. The van der Waals surface area contributed by atoms with Crippen molar-refractivity contribution in [2.75, 3.05) is 0 Å². The van der Waals surface area contributed by atoms with Crippen LogP contribution in [0.1, 0.15) is 17.0 Å². The van der Waals surface area contributed by atoms with Crippen LogP contribution in [-0.2, 0) is 4.79 Å². The van der Waals surface area contributed by atoms with Crippen LogP contribution < -0.4 is 5.32 Å². The molecule has 0 radical (unpaired) electrons. The van der Waals surface area contributed by atoms with E-state index in [1.54, 1.807) is 0 Å². The Kier molecular flexibility index (Phi) is 4.84. The van der Waals surface area contributed by atoms with Gasteiger partial charge in [0.25, 0.3) is 0 Å². The minimum Gasteiger partial charge on any atom is -0.304 e. The first-order valence-corrected chi connectivity index (χ1v) is 9.40. The number of thioether (sulfide) groups is 1. The maximum atomic E-state index is 12.8. The standard InChI is InChI=1S/C22H18N2OS/c25-21-20(26-22(24-21)23-18-14-8-3-9-15-18)19(16-10-4-1-5-11-16)17-12-6-2-7-13-17/h1-15,19-20H,(H,23,24,25). The summed E-state index contributed by atoms with van der Waals surface area (Å²) < 4.78 is 0. The lowest BCUT2D eigenvalue weighted by Crippen LogP contribution is -2.29. The highest BCUT2D eigenvalue weighted by Gasteiger charge is 2.38. The van der Waals surface area contributed by atoms with Crippen LogP contribution in [0.15, 0.2) is 96.0 Å². The van der Waals surface area contributed by atoms with E-state index in [0.717, 1.165) is 16.8 Å². The average Bonchev–Trinajstić information content (AvgIpc) is 3.04. The van der Waals surface area contributed by atoms with E-state index in [4.69, 9.17) is 0 Å². The number of amidine groups is 1. The molecular weight excluding hydrogens is 340 g/mol. The van der Waals surface area contributed by atoms with Crippen LogP contribution in [0.5, 0.6) is 0 Å². The molecule has 1 N–H and O–H groups in total. The molecule has 4 heteroatoms. The van der Waals surface area contributed by atoms with Gasteiger partial charge in [-0.2, -0.15) is 0 Å². The van der Waals surface area contributed by atoms with Gasteiger partial charge in [0.2, 0.25) is 5.91 Å². The summed E-state index contributed by atoms with van der Waals surface area (Å²) in [6, 6.07) is 30.1. The van der Waals surface area contributed by atoms with Gasteiger partial charge in [-0.15, -0.1) is 0 Å². The average molecular weight is 358 g/mol. The summed E-state index contributed by atoms with van der Waals surface area (Å²) in [5.41, 5.74) is 3.10. The number of nitrogens with one attached hydrogen (secondary N) is 1. The molecule has 0 aromatic heterocycles. The zero-order chi connectivity index (χ0) is 17.8. The van der Waals surface area contributed by atoms with Gasteiger partial charge in [0.05, 0.1) is 5.69 Å². The Balaban J connectivity index is 1.68. The fraction of sp³-hybridized carbons (Fsp3) is 0.0909. The number of para-hydroxylation sites is 1. The highest BCUT2D eigenvalue weighted by Crippen LogP contribution is 2.38. The lowest BCUT2D eigenvalue weighted by Gasteiger charge is -2.21. The molecule has 1 aliphatic rings. The van der Waals surface area contributed by atoms with Crippen molar-refractivity contribution in [2.24, 2.45) is 4.99 Å². The minimum atomic E-state index is -0.248. The van der Waals surface area contributed by atoms with Crippen LogP contribution in [0.25, 0.3) is 0 Å². The number of carbonyl (C=O) groups is 1. The molecule has 0 bridgehead atoms. The number of benzene rings is 3. The van der Waals surface area contributed by atoms with Gasteiger partial charge in [-0.3, -0.25) is 4.79 Å². The largest absolute Gasteiger partial charge is 0.304 e. The maximum absolute atomic E-state index is 12.8. The summed E-state index contributed by atoms with van der Waals surface area (Å²) in [7, 11) is 0. The van der Waals surface area contributed by atoms with Crippen molar-refractivity contribution >= 4 is 28.5 Å². The SMILES string of the molecule is O=C1NC(=Nc2ccccc2)SC1C(c1ccccc1)c1ccccc1. The van der Waals surface area contributed by atoms with E-state index in [1.807, 2.05) is 66.7 Å². The molecule has 3 aromatic carbocycles. The molecular formula is C22H18N2OS. The van der Waals surface area contributed by atoms with Crippen molar-refractivity contribution in [3.05, 3.63) is 102 Å². The van der Waals surface area contributed by atoms with Gasteiger partial charge >= 0.3 is 0 Å². The predicted octanol–water partition coefficient (Wildman–Crippen LogP) is 4.74. The van der Waals surface area contributed by atoms with Crippen LogP contribution in [0, 0.1) is 0 Å². The Morgan fingerprint density at radius 2 is 1.27 bits per heavy atom. The summed E-state index contributed by atoms with van der Waals surface area (Å²) in [6.07, 6.45) is 0. The van der Waals surface area contributed by atoms with Gasteiger partial charge in [0.15, 0.2) is 5.17 Å². The van der Waals surface area contributed by atoms with Crippen molar-refractivity contribution in [3.8, 4) is 0 Å². The van der Waals surface area contributed by atoms with Gasteiger partial charge < -0.3 is 5.32 Å². The Morgan fingerprint density at radius 1 is 0.769 bits per heavy atom. The fourth-order valence-corrected chi connectivity index (χ4v) is 4.31. The Labute approximate surface area is 157 Å². The van der Waals surface area contributed by atoms with Crippen LogP contribution in [0.4, 0.5) is 5.69 Å². The van der Waals surface area contributed by atoms with Crippen molar-refractivity contribution < 1.29 is 4.79 Å². The lowest BCUT2D eigenvalue weighted by molar-refractivity contribution is -0.119. The van der Waals surface area contributed by atoms with Gasteiger partial charge in [-0.1, -0.05) is 90.6 Å². The number of hydrogen-bond donors (Lipinski definition) is 1. The summed E-state index contributed by atoms with van der Waals surface area (Å²) >= 11 is 1.50. The second-order valence-corrected chi connectivity index (χ2v) is 7.21. The first kappa shape index (κ1) is 16.6. The number of carbonyl (C=O) groups excluding carboxylic acids is 1. The highest BCUT2D eigenvalue weighted by atomic mass is 32.2. The highest BCUT2D eigenvalue weighted by molar-refractivity contribution is 8.15. The number of rotatable bonds is 4. The second-order valence-electron chi connectivity index (χ2n) is 6.08. The predicted molar refractivity (Wildman–Crippen MR) is 108 cm³/mol. The molecule has 1 aliphatic heterocycles. The monoisotopic (exact) mass is 358 g/mol. The normalized spacial score (nSPS) is 18.3. The third kappa shape index (κ3) is 3.55.